The Labute approximate surface area is 167 Å². The molecule has 0 unspecified atom stereocenters. The molecule has 5 nitrogen and oxygen atoms in total. The van der Waals surface area contributed by atoms with Crippen molar-refractivity contribution in [2.24, 2.45) is 5.92 Å². The third kappa shape index (κ3) is 4.40. The molecule has 5 heteroatoms. The Kier molecular flexibility index (Phi) is 5.17. The zero-order valence-corrected chi connectivity index (χ0v) is 17.3. The van der Waals surface area contributed by atoms with E-state index in [1.54, 1.807) is 0 Å². The van der Waals surface area contributed by atoms with E-state index in [0.717, 1.165) is 29.5 Å². The zero-order valence-electron chi connectivity index (χ0n) is 17.3. The lowest BCUT2D eigenvalue weighted by atomic mass is 10.1. The van der Waals surface area contributed by atoms with Crippen molar-refractivity contribution in [3.05, 3.63) is 41.7 Å². The molecular weight excluding hydrogens is 348 g/mol. The van der Waals surface area contributed by atoms with Crippen LogP contribution in [0.25, 0.3) is 0 Å². The number of amides is 1. The van der Waals surface area contributed by atoms with Crippen LogP contribution in [0.15, 0.2) is 30.3 Å². The number of benzene rings is 1. The van der Waals surface area contributed by atoms with E-state index < -0.39 is 0 Å². The van der Waals surface area contributed by atoms with E-state index in [2.05, 4.69) is 31.4 Å². The summed E-state index contributed by atoms with van der Waals surface area (Å²) in [5, 5.41) is 11.3. The second kappa shape index (κ2) is 7.61. The van der Waals surface area contributed by atoms with E-state index in [-0.39, 0.29) is 11.4 Å². The molecule has 2 aliphatic rings. The summed E-state index contributed by atoms with van der Waals surface area (Å²) < 4.78 is 1.87. The van der Waals surface area contributed by atoms with Crippen LogP contribution in [0.4, 0.5) is 11.4 Å². The van der Waals surface area contributed by atoms with Gasteiger partial charge in [0, 0.05) is 23.8 Å². The number of anilines is 2. The van der Waals surface area contributed by atoms with Gasteiger partial charge in [0.05, 0.1) is 11.2 Å². The molecule has 0 bridgehead atoms. The molecule has 2 aromatic rings. The van der Waals surface area contributed by atoms with Crippen molar-refractivity contribution < 1.29 is 4.79 Å². The number of hydrogen-bond acceptors (Lipinski definition) is 3. The minimum absolute atomic E-state index is 0.0963. The molecule has 2 N–H and O–H groups in total. The van der Waals surface area contributed by atoms with Crippen LogP contribution >= 0.6 is 0 Å². The maximum atomic E-state index is 12.9. The van der Waals surface area contributed by atoms with Crippen molar-refractivity contribution in [2.45, 2.75) is 70.8 Å². The van der Waals surface area contributed by atoms with Gasteiger partial charge in [0.15, 0.2) is 0 Å². The summed E-state index contributed by atoms with van der Waals surface area (Å²) in [5.74, 6) is 1.24. The average molecular weight is 381 g/mol. The molecule has 2 fully saturated rings. The molecule has 2 saturated carbocycles. The topological polar surface area (TPSA) is 59.0 Å². The maximum absolute atomic E-state index is 12.9. The molecular formula is C23H32N4O. The Balaban J connectivity index is 1.42. The van der Waals surface area contributed by atoms with Crippen molar-refractivity contribution in [1.82, 2.24) is 9.78 Å². The number of nitrogens with one attached hydrogen (secondary N) is 2. The molecule has 0 aliphatic heterocycles. The van der Waals surface area contributed by atoms with Crippen LogP contribution in [-0.4, -0.2) is 22.2 Å². The molecule has 150 valence electrons. The summed E-state index contributed by atoms with van der Waals surface area (Å²) in [6, 6.07) is 9.99. The highest BCUT2D eigenvalue weighted by atomic mass is 16.2. The Morgan fingerprint density at radius 1 is 1.07 bits per heavy atom. The Morgan fingerprint density at radius 3 is 2.32 bits per heavy atom. The van der Waals surface area contributed by atoms with E-state index in [1.807, 2.05) is 35.0 Å². The third-order valence-electron chi connectivity index (χ3n) is 5.80. The largest absolute Gasteiger partial charge is 0.385 e. The monoisotopic (exact) mass is 380 g/mol. The number of rotatable bonds is 6. The van der Waals surface area contributed by atoms with Gasteiger partial charge >= 0.3 is 0 Å². The van der Waals surface area contributed by atoms with E-state index in [0.29, 0.717) is 11.6 Å². The number of carbonyl (C=O) groups is 1. The molecule has 1 amide bonds. The summed E-state index contributed by atoms with van der Waals surface area (Å²) in [7, 11) is 0. The molecule has 4 rings (SSSR count). The first-order valence-corrected chi connectivity index (χ1v) is 10.7. The van der Waals surface area contributed by atoms with Gasteiger partial charge in [-0.2, -0.15) is 5.10 Å². The minimum atomic E-state index is -0.228. The van der Waals surface area contributed by atoms with Gasteiger partial charge in [-0.05, 0) is 82.7 Å². The molecule has 0 atom stereocenters. The smallest absolute Gasteiger partial charge is 0.273 e. The fourth-order valence-corrected chi connectivity index (χ4v) is 3.99. The van der Waals surface area contributed by atoms with Crippen LogP contribution in [0.1, 0.15) is 81.4 Å². The SMILES string of the molecule is CC(C)(C)n1nc(C2CC2)cc1C(=O)Nc1ccc(NCC2CCCC2)cc1. The lowest BCUT2D eigenvalue weighted by Gasteiger charge is -2.22. The summed E-state index contributed by atoms with van der Waals surface area (Å²) in [5.41, 5.74) is 3.38. The molecule has 1 aromatic carbocycles. The number of aromatic nitrogens is 2. The summed E-state index contributed by atoms with van der Waals surface area (Å²) in [6.45, 7) is 7.29. The normalized spacial score (nSPS) is 17.7. The first-order chi connectivity index (χ1) is 13.4. The third-order valence-corrected chi connectivity index (χ3v) is 5.80. The molecule has 28 heavy (non-hydrogen) atoms. The van der Waals surface area contributed by atoms with E-state index in [9.17, 15) is 4.79 Å². The van der Waals surface area contributed by atoms with Crippen LogP contribution in [0.3, 0.4) is 0 Å². The van der Waals surface area contributed by atoms with Crippen molar-refractivity contribution in [3.63, 3.8) is 0 Å². The van der Waals surface area contributed by atoms with Crippen LogP contribution in [0, 0.1) is 5.92 Å². The standard InChI is InChI=1S/C23H32N4O/c1-23(2,3)27-21(14-20(26-27)17-8-9-17)22(28)25-19-12-10-18(11-13-19)24-15-16-6-4-5-7-16/h10-14,16-17,24H,4-9,15H2,1-3H3,(H,25,28). The Bertz CT molecular complexity index is 821. The second-order valence-electron chi connectivity index (χ2n) is 9.37. The first kappa shape index (κ1) is 19.0. The fourth-order valence-electron chi connectivity index (χ4n) is 3.99. The molecule has 0 spiro atoms. The number of hydrogen-bond donors (Lipinski definition) is 2. The summed E-state index contributed by atoms with van der Waals surface area (Å²) in [6.07, 6.45) is 7.77. The van der Waals surface area contributed by atoms with Gasteiger partial charge in [-0.3, -0.25) is 9.48 Å². The van der Waals surface area contributed by atoms with E-state index in [1.165, 1.54) is 38.5 Å². The highest BCUT2D eigenvalue weighted by molar-refractivity contribution is 6.03. The number of carbonyl (C=O) groups excluding carboxylic acids is 1. The van der Waals surface area contributed by atoms with Crippen molar-refractivity contribution in [2.75, 3.05) is 17.2 Å². The van der Waals surface area contributed by atoms with Gasteiger partial charge in [0.25, 0.3) is 5.91 Å². The van der Waals surface area contributed by atoms with E-state index in [4.69, 9.17) is 5.10 Å². The maximum Gasteiger partial charge on any atom is 0.273 e. The van der Waals surface area contributed by atoms with Gasteiger partial charge in [0.1, 0.15) is 5.69 Å². The lowest BCUT2D eigenvalue weighted by Crippen LogP contribution is -2.29. The predicted molar refractivity (Wildman–Crippen MR) is 114 cm³/mol. The Hall–Kier alpha value is -2.30. The summed E-state index contributed by atoms with van der Waals surface area (Å²) >= 11 is 0. The van der Waals surface area contributed by atoms with Crippen LogP contribution in [0.5, 0.6) is 0 Å². The van der Waals surface area contributed by atoms with Crippen LogP contribution in [-0.2, 0) is 5.54 Å². The highest BCUT2D eigenvalue weighted by Crippen LogP contribution is 2.40. The number of nitrogens with zero attached hydrogens (tertiary/aromatic N) is 2. The van der Waals surface area contributed by atoms with Crippen LogP contribution < -0.4 is 10.6 Å². The quantitative estimate of drug-likeness (QED) is 0.708. The molecule has 0 saturated heterocycles. The highest BCUT2D eigenvalue weighted by Gasteiger charge is 2.31. The molecule has 2 aliphatic carbocycles. The van der Waals surface area contributed by atoms with Crippen molar-refractivity contribution >= 4 is 17.3 Å². The minimum Gasteiger partial charge on any atom is -0.385 e. The molecule has 1 heterocycles. The van der Waals surface area contributed by atoms with Crippen molar-refractivity contribution in [3.8, 4) is 0 Å². The molecule has 1 aromatic heterocycles. The van der Waals surface area contributed by atoms with E-state index >= 15 is 0 Å². The molecule has 0 radical (unpaired) electrons. The van der Waals surface area contributed by atoms with Gasteiger partial charge in [-0.1, -0.05) is 12.8 Å². The lowest BCUT2D eigenvalue weighted by molar-refractivity contribution is 0.100. The zero-order chi connectivity index (χ0) is 19.7. The van der Waals surface area contributed by atoms with Crippen molar-refractivity contribution in [1.29, 1.82) is 0 Å². The second-order valence-corrected chi connectivity index (χ2v) is 9.37. The van der Waals surface area contributed by atoms with Gasteiger partial charge in [-0.15, -0.1) is 0 Å². The van der Waals surface area contributed by atoms with Gasteiger partial charge in [-0.25, -0.2) is 0 Å². The van der Waals surface area contributed by atoms with Gasteiger partial charge in [0.2, 0.25) is 0 Å². The first-order valence-electron chi connectivity index (χ1n) is 10.7. The average Bonchev–Trinajstić information content (AvgIpc) is 3.19. The van der Waals surface area contributed by atoms with Crippen LogP contribution in [0.2, 0.25) is 0 Å². The fraction of sp³-hybridized carbons (Fsp3) is 0.565. The predicted octanol–water partition coefficient (Wildman–Crippen LogP) is 5.37. The Morgan fingerprint density at radius 2 is 1.71 bits per heavy atom. The summed E-state index contributed by atoms with van der Waals surface area (Å²) in [4.78, 5) is 12.9. The van der Waals surface area contributed by atoms with Gasteiger partial charge < -0.3 is 10.6 Å².